The van der Waals surface area contributed by atoms with E-state index < -0.39 is 0 Å². The second kappa shape index (κ2) is 11.8. The van der Waals surface area contributed by atoms with Crippen LogP contribution < -0.4 is 0 Å². The molecule has 0 rings (SSSR count). The molecule has 1 heteroatoms. The van der Waals surface area contributed by atoms with E-state index in [2.05, 4.69) is 27.2 Å². The van der Waals surface area contributed by atoms with Crippen molar-refractivity contribution in [2.75, 3.05) is 0 Å². The molecule has 0 bridgehead atoms. The number of rotatable bonds is 3. The van der Waals surface area contributed by atoms with Crippen molar-refractivity contribution >= 4 is 0 Å². The van der Waals surface area contributed by atoms with Crippen molar-refractivity contribution < 1.29 is 32.7 Å². The van der Waals surface area contributed by atoms with Crippen molar-refractivity contribution in [1.29, 1.82) is 0 Å². The number of hydrogen-bond donors (Lipinski definition) is 0. The van der Waals surface area contributed by atoms with Crippen LogP contribution in [-0.4, -0.2) is 0 Å². The van der Waals surface area contributed by atoms with Crippen LogP contribution in [0.15, 0.2) is 0 Å². The molecule has 0 aromatic heterocycles. The van der Waals surface area contributed by atoms with Crippen molar-refractivity contribution in [2.45, 2.75) is 33.6 Å². The van der Waals surface area contributed by atoms with E-state index in [1.54, 1.807) is 0 Å². The molecule has 0 aliphatic carbocycles. The Bertz CT molecular complexity index is 35.5. The van der Waals surface area contributed by atoms with Gasteiger partial charge >= 0.3 is 0 Å². The summed E-state index contributed by atoms with van der Waals surface area (Å²) in [5.41, 5.74) is 0. The van der Waals surface area contributed by atoms with E-state index in [4.69, 9.17) is 0 Å². The maximum absolute atomic E-state index is 2.28. The van der Waals surface area contributed by atoms with Gasteiger partial charge in [0.2, 0.25) is 0 Å². The molecular weight excluding hydrogens is 185 g/mol. The minimum Gasteiger partial charge on any atom is -0.358 e. The van der Waals surface area contributed by atoms with Crippen molar-refractivity contribution in [1.82, 2.24) is 0 Å². The average Bonchev–Trinajstić information content (AvgIpc) is 1.68. The summed E-state index contributed by atoms with van der Waals surface area (Å²) in [6.45, 7) is 6.63. The summed E-state index contributed by atoms with van der Waals surface area (Å²) < 4.78 is 0. The first kappa shape index (κ1) is 16.6. The molecule has 9 heavy (non-hydrogen) atoms. The second-order valence-corrected chi connectivity index (χ2v) is 2.16. The predicted molar refractivity (Wildman–Crippen MR) is 40.5 cm³/mol. The normalized spacial score (nSPS) is 11.0. The van der Waals surface area contributed by atoms with Crippen molar-refractivity contribution in [3.05, 3.63) is 13.8 Å². The third-order valence-electron chi connectivity index (χ3n) is 1.33. The maximum Gasteiger partial charge on any atom is 0 e. The summed E-state index contributed by atoms with van der Waals surface area (Å²) in [5.74, 6) is 0.894. The van der Waals surface area contributed by atoms with E-state index in [9.17, 15) is 0 Å². The molecule has 0 aromatic rings. The third kappa shape index (κ3) is 12.3. The van der Waals surface area contributed by atoms with E-state index in [0.717, 1.165) is 5.92 Å². The van der Waals surface area contributed by atoms with Crippen molar-refractivity contribution in [3.63, 3.8) is 0 Å². The van der Waals surface area contributed by atoms with Crippen LogP contribution in [0.25, 0.3) is 0 Å². The molecule has 0 aromatic carbocycles. The summed E-state index contributed by atoms with van der Waals surface area (Å²) in [6, 6.07) is 0. The van der Waals surface area contributed by atoms with Crippen LogP contribution in [0.3, 0.4) is 0 Å². The minimum absolute atomic E-state index is 0. The Labute approximate surface area is 85.7 Å². The number of hydrogen-bond acceptors (Lipinski definition) is 0. The molecule has 0 heterocycles. The maximum atomic E-state index is 2.28. The monoisotopic (exact) mass is 203 g/mol. The summed E-state index contributed by atoms with van der Waals surface area (Å²) in [7, 11) is 0. The molecule has 0 amide bonds. The first-order valence-corrected chi connectivity index (χ1v) is 3.09. The van der Waals surface area contributed by atoms with Gasteiger partial charge in [0.1, 0.15) is 0 Å². The molecule has 0 nitrogen and oxygen atoms in total. The SMILES string of the molecule is C[CH-]CC(C)CC.[CH3-].[Y]. The Morgan fingerprint density at radius 3 is 2.00 bits per heavy atom. The Morgan fingerprint density at radius 2 is 1.89 bits per heavy atom. The smallest absolute Gasteiger partial charge is 0 e. The molecule has 1 radical (unpaired) electrons. The molecule has 0 saturated carbocycles. The van der Waals surface area contributed by atoms with Crippen LogP contribution in [-0.2, 0) is 32.7 Å². The summed E-state index contributed by atoms with van der Waals surface area (Å²) in [5, 5.41) is 0. The van der Waals surface area contributed by atoms with E-state index in [1.807, 2.05) is 0 Å². The van der Waals surface area contributed by atoms with Gasteiger partial charge in [0.05, 0.1) is 0 Å². The zero-order chi connectivity index (χ0) is 5.70. The zero-order valence-corrected chi connectivity index (χ0v) is 9.98. The molecule has 0 saturated heterocycles. The molecule has 0 N–H and O–H groups in total. The standard InChI is InChI=1S/C7H15.CH3.Y/c1-4-6-7(3)5-2;;/h4,7H,5-6H2,1-3H3;1H3;/q2*-1;. The second-order valence-electron chi connectivity index (χ2n) is 2.16. The first-order chi connectivity index (χ1) is 3.31. The van der Waals surface area contributed by atoms with E-state index in [1.165, 1.54) is 12.8 Å². The quantitative estimate of drug-likeness (QED) is 0.618. The summed E-state index contributed by atoms with van der Waals surface area (Å²) in [6.07, 6.45) is 4.81. The van der Waals surface area contributed by atoms with Crippen molar-refractivity contribution in [2.24, 2.45) is 5.92 Å². The fraction of sp³-hybridized carbons (Fsp3) is 0.750. The van der Waals surface area contributed by atoms with Gasteiger partial charge in [-0.05, 0) is 0 Å². The van der Waals surface area contributed by atoms with E-state index in [-0.39, 0.29) is 40.1 Å². The van der Waals surface area contributed by atoms with Crippen molar-refractivity contribution in [3.8, 4) is 0 Å². The average molecular weight is 203 g/mol. The molecule has 1 unspecified atom stereocenters. The van der Waals surface area contributed by atoms with Gasteiger partial charge in [0.15, 0.2) is 0 Å². The van der Waals surface area contributed by atoms with Gasteiger partial charge in [-0.1, -0.05) is 26.2 Å². The summed E-state index contributed by atoms with van der Waals surface area (Å²) in [4.78, 5) is 0. The largest absolute Gasteiger partial charge is 0.358 e. The fourth-order valence-electron chi connectivity index (χ4n) is 0.569. The third-order valence-corrected chi connectivity index (χ3v) is 1.33. The van der Waals surface area contributed by atoms with Gasteiger partial charge in [0.25, 0.3) is 0 Å². The van der Waals surface area contributed by atoms with Gasteiger partial charge in [-0.3, -0.25) is 0 Å². The topological polar surface area (TPSA) is 0 Å². The Hall–Kier alpha value is 1.10. The van der Waals surface area contributed by atoms with Crippen LogP contribution in [0, 0.1) is 19.8 Å². The Kier molecular flexibility index (Phi) is 21.8. The fourth-order valence-corrected chi connectivity index (χ4v) is 0.569. The molecule has 1 atom stereocenters. The van der Waals surface area contributed by atoms with E-state index >= 15 is 0 Å². The van der Waals surface area contributed by atoms with Crippen LogP contribution in [0.2, 0.25) is 0 Å². The van der Waals surface area contributed by atoms with Gasteiger partial charge in [-0.25, -0.2) is 0 Å². The van der Waals surface area contributed by atoms with Gasteiger partial charge < -0.3 is 13.8 Å². The van der Waals surface area contributed by atoms with Gasteiger partial charge in [-0.2, -0.15) is 13.3 Å². The van der Waals surface area contributed by atoms with Crippen LogP contribution in [0.5, 0.6) is 0 Å². The van der Waals surface area contributed by atoms with E-state index in [0.29, 0.717) is 0 Å². The molecule has 0 fully saturated rings. The van der Waals surface area contributed by atoms with Crippen LogP contribution in [0.4, 0.5) is 0 Å². The van der Waals surface area contributed by atoms with Gasteiger partial charge in [-0.15, -0.1) is 0 Å². The molecule has 0 aliphatic rings. The minimum atomic E-state index is 0. The molecule has 55 valence electrons. The van der Waals surface area contributed by atoms with Gasteiger partial charge in [0, 0.05) is 32.7 Å². The zero-order valence-electron chi connectivity index (χ0n) is 7.15. The molecule has 0 aliphatic heterocycles. The predicted octanol–water partition coefficient (Wildman–Crippen LogP) is 3.09. The van der Waals surface area contributed by atoms with Crippen LogP contribution >= 0.6 is 0 Å². The first-order valence-electron chi connectivity index (χ1n) is 3.09. The summed E-state index contributed by atoms with van der Waals surface area (Å²) >= 11 is 0. The Morgan fingerprint density at radius 1 is 1.44 bits per heavy atom. The van der Waals surface area contributed by atoms with Crippen LogP contribution in [0.1, 0.15) is 33.6 Å². The molecular formula is C8H18Y-2. The Balaban J connectivity index is -0.000000180. The molecule has 0 spiro atoms.